The highest BCUT2D eigenvalue weighted by Gasteiger charge is 2.36. The summed E-state index contributed by atoms with van der Waals surface area (Å²) >= 11 is 0.803. The van der Waals surface area contributed by atoms with E-state index in [2.05, 4.69) is 10.3 Å². The van der Waals surface area contributed by atoms with Crippen LogP contribution in [0.15, 0.2) is 47.6 Å². The first-order valence-corrected chi connectivity index (χ1v) is 8.77. The number of carbonyl (C=O) groups excluding carboxylic acids is 3. The second-order valence-electron chi connectivity index (χ2n) is 5.66. The molecule has 0 radical (unpaired) electrons. The number of nitrogens with one attached hydrogen (secondary N) is 1. The normalized spacial score (nSPS) is 16.9. The standard InChI is InChI=1S/C18H13N3O5S/c22-16(20-12-1-2-13-14(8-12)26-10-25-13)9-21-17(23)15(27-18(21)24)7-11-3-5-19-6-4-11/h1-8H,9-10H2,(H,20,22)/b15-7+. The number of pyridine rings is 1. The molecule has 0 spiro atoms. The van der Waals surface area contributed by atoms with Crippen LogP contribution in [0.4, 0.5) is 10.5 Å². The number of imide groups is 1. The molecule has 3 heterocycles. The summed E-state index contributed by atoms with van der Waals surface area (Å²) in [5, 5.41) is 2.16. The molecule has 0 unspecified atom stereocenters. The minimum atomic E-state index is -0.498. The van der Waals surface area contributed by atoms with E-state index in [0.29, 0.717) is 17.2 Å². The number of anilines is 1. The largest absolute Gasteiger partial charge is 0.454 e. The van der Waals surface area contributed by atoms with E-state index in [-0.39, 0.29) is 18.2 Å². The number of rotatable bonds is 4. The molecule has 2 aliphatic heterocycles. The summed E-state index contributed by atoms with van der Waals surface area (Å²) in [5.74, 6) is 0.142. The SMILES string of the molecule is O=C(CN1C(=O)S/C(=C/c2ccncc2)C1=O)Nc1ccc2c(c1)OCO2. The topological polar surface area (TPSA) is 97.8 Å². The van der Waals surface area contributed by atoms with Crippen molar-refractivity contribution in [3.8, 4) is 11.5 Å². The number of thioether (sulfide) groups is 1. The van der Waals surface area contributed by atoms with E-state index in [1.54, 1.807) is 48.8 Å². The number of carbonyl (C=O) groups is 3. The van der Waals surface area contributed by atoms with Crippen LogP contribution in [0.5, 0.6) is 11.5 Å². The average molecular weight is 383 g/mol. The van der Waals surface area contributed by atoms with Crippen molar-refractivity contribution in [2.75, 3.05) is 18.7 Å². The Morgan fingerprint density at radius 3 is 2.78 bits per heavy atom. The number of hydrogen-bond acceptors (Lipinski definition) is 7. The number of aromatic nitrogens is 1. The Morgan fingerprint density at radius 1 is 1.19 bits per heavy atom. The highest BCUT2D eigenvalue weighted by atomic mass is 32.2. The maximum atomic E-state index is 12.4. The van der Waals surface area contributed by atoms with Crippen molar-refractivity contribution in [1.29, 1.82) is 0 Å². The minimum Gasteiger partial charge on any atom is -0.454 e. The molecule has 0 bridgehead atoms. The molecule has 1 saturated heterocycles. The fraction of sp³-hybridized carbons (Fsp3) is 0.111. The summed E-state index contributed by atoms with van der Waals surface area (Å²) in [6.07, 6.45) is 4.78. The zero-order valence-corrected chi connectivity index (χ0v) is 14.7. The Balaban J connectivity index is 1.43. The molecule has 4 rings (SSSR count). The van der Waals surface area contributed by atoms with Gasteiger partial charge in [-0.1, -0.05) is 0 Å². The van der Waals surface area contributed by atoms with Gasteiger partial charge in [0.25, 0.3) is 11.1 Å². The Morgan fingerprint density at radius 2 is 1.96 bits per heavy atom. The summed E-state index contributed by atoms with van der Waals surface area (Å²) in [7, 11) is 0. The van der Waals surface area contributed by atoms with Crippen molar-refractivity contribution in [1.82, 2.24) is 9.88 Å². The van der Waals surface area contributed by atoms with Crippen molar-refractivity contribution in [2.24, 2.45) is 0 Å². The number of hydrogen-bond donors (Lipinski definition) is 1. The van der Waals surface area contributed by atoms with Gasteiger partial charge >= 0.3 is 0 Å². The van der Waals surface area contributed by atoms with Gasteiger partial charge in [0.05, 0.1) is 4.91 Å². The molecule has 1 aromatic heterocycles. The van der Waals surface area contributed by atoms with E-state index in [4.69, 9.17) is 9.47 Å². The van der Waals surface area contributed by atoms with E-state index in [0.717, 1.165) is 22.2 Å². The third-order valence-electron chi connectivity index (χ3n) is 3.84. The number of amides is 3. The van der Waals surface area contributed by atoms with Gasteiger partial charge < -0.3 is 14.8 Å². The molecule has 1 aromatic carbocycles. The highest BCUT2D eigenvalue weighted by molar-refractivity contribution is 8.18. The molecular weight excluding hydrogens is 370 g/mol. The Labute approximate surface area is 158 Å². The molecule has 27 heavy (non-hydrogen) atoms. The van der Waals surface area contributed by atoms with Gasteiger partial charge in [-0.15, -0.1) is 0 Å². The van der Waals surface area contributed by atoms with Crippen molar-refractivity contribution >= 4 is 40.6 Å². The third-order valence-corrected chi connectivity index (χ3v) is 4.74. The fourth-order valence-electron chi connectivity index (χ4n) is 2.57. The minimum absolute atomic E-state index is 0.132. The summed E-state index contributed by atoms with van der Waals surface area (Å²) < 4.78 is 10.5. The van der Waals surface area contributed by atoms with Crippen molar-refractivity contribution in [3.05, 3.63) is 53.2 Å². The first-order valence-electron chi connectivity index (χ1n) is 7.95. The molecule has 9 heteroatoms. The maximum absolute atomic E-state index is 12.4. The van der Waals surface area contributed by atoms with Gasteiger partial charge in [-0.05, 0) is 47.7 Å². The van der Waals surface area contributed by atoms with Crippen molar-refractivity contribution < 1.29 is 23.9 Å². The lowest BCUT2D eigenvalue weighted by Gasteiger charge is -2.12. The first-order chi connectivity index (χ1) is 13.1. The van der Waals surface area contributed by atoms with Crippen LogP contribution < -0.4 is 14.8 Å². The van der Waals surface area contributed by atoms with Gasteiger partial charge in [0.15, 0.2) is 11.5 Å². The Bertz CT molecular complexity index is 961. The molecule has 2 aromatic rings. The molecule has 3 amide bonds. The molecule has 2 aliphatic rings. The summed E-state index contributed by atoms with van der Waals surface area (Å²) in [6.45, 7) is -0.236. The second-order valence-corrected chi connectivity index (χ2v) is 6.66. The van der Waals surface area contributed by atoms with Gasteiger partial charge in [-0.2, -0.15) is 0 Å². The first kappa shape index (κ1) is 17.1. The van der Waals surface area contributed by atoms with E-state index in [1.807, 2.05) is 0 Å². The van der Waals surface area contributed by atoms with Crippen LogP contribution in [0.1, 0.15) is 5.56 Å². The third kappa shape index (κ3) is 3.63. The van der Waals surface area contributed by atoms with Crippen molar-refractivity contribution in [3.63, 3.8) is 0 Å². The monoisotopic (exact) mass is 383 g/mol. The van der Waals surface area contributed by atoms with Crippen LogP contribution in [0.2, 0.25) is 0 Å². The fourth-order valence-corrected chi connectivity index (χ4v) is 3.40. The number of nitrogens with zero attached hydrogens (tertiary/aromatic N) is 2. The molecule has 8 nitrogen and oxygen atoms in total. The highest BCUT2D eigenvalue weighted by Crippen LogP contribution is 2.34. The van der Waals surface area contributed by atoms with Gasteiger partial charge in [0, 0.05) is 24.1 Å². The average Bonchev–Trinajstić information content (AvgIpc) is 3.22. The van der Waals surface area contributed by atoms with Gasteiger partial charge in [-0.25, -0.2) is 0 Å². The van der Waals surface area contributed by atoms with E-state index in [9.17, 15) is 14.4 Å². The second kappa shape index (κ2) is 7.12. The van der Waals surface area contributed by atoms with Gasteiger partial charge in [0.2, 0.25) is 12.7 Å². The zero-order valence-electron chi connectivity index (χ0n) is 13.9. The molecule has 0 aliphatic carbocycles. The molecule has 1 N–H and O–H groups in total. The maximum Gasteiger partial charge on any atom is 0.294 e. The number of ether oxygens (including phenoxy) is 2. The van der Waals surface area contributed by atoms with Crippen LogP contribution >= 0.6 is 11.8 Å². The van der Waals surface area contributed by atoms with E-state index >= 15 is 0 Å². The lowest BCUT2D eigenvalue weighted by Crippen LogP contribution is -2.36. The van der Waals surface area contributed by atoms with Crippen LogP contribution in [0.3, 0.4) is 0 Å². The molecule has 0 saturated carbocycles. The van der Waals surface area contributed by atoms with Crippen LogP contribution in [-0.2, 0) is 9.59 Å². The quantitative estimate of drug-likeness (QED) is 0.810. The Kier molecular flexibility index (Phi) is 4.51. The number of benzene rings is 1. The summed E-state index contributed by atoms with van der Waals surface area (Å²) in [6, 6.07) is 8.40. The van der Waals surface area contributed by atoms with Crippen molar-refractivity contribution in [2.45, 2.75) is 0 Å². The number of fused-ring (bicyclic) bond motifs is 1. The lowest BCUT2D eigenvalue weighted by atomic mass is 10.2. The molecule has 0 atom stereocenters. The van der Waals surface area contributed by atoms with E-state index < -0.39 is 17.1 Å². The molecule has 1 fully saturated rings. The summed E-state index contributed by atoms with van der Waals surface area (Å²) in [4.78, 5) is 41.9. The molecular formula is C18H13N3O5S. The predicted octanol–water partition coefficient (Wildman–Crippen LogP) is 2.49. The summed E-state index contributed by atoms with van der Waals surface area (Å²) in [5.41, 5.74) is 1.24. The van der Waals surface area contributed by atoms with E-state index in [1.165, 1.54) is 0 Å². The van der Waals surface area contributed by atoms with Crippen LogP contribution in [0, 0.1) is 0 Å². The Hall–Kier alpha value is -3.33. The van der Waals surface area contributed by atoms with Gasteiger partial charge in [0.1, 0.15) is 6.54 Å². The van der Waals surface area contributed by atoms with Crippen LogP contribution in [-0.4, -0.2) is 40.3 Å². The lowest BCUT2D eigenvalue weighted by molar-refractivity contribution is -0.127. The predicted molar refractivity (Wildman–Crippen MR) is 98.1 cm³/mol. The molecule has 136 valence electrons. The van der Waals surface area contributed by atoms with Gasteiger partial charge in [-0.3, -0.25) is 24.3 Å². The van der Waals surface area contributed by atoms with Crippen LogP contribution in [0.25, 0.3) is 6.08 Å². The zero-order chi connectivity index (χ0) is 18.8. The smallest absolute Gasteiger partial charge is 0.294 e.